The monoisotopic (exact) mass is 475 g/mol. The molecule has 5 rings (SSSR count). The second-order valence-corrected chi connectivity index (χ2v) is 13.8. The molecule has 194 valence electrons. The SMILES string of the molecule is CC1(C)CCC2[C@]3(C)CO[C@@H](C4CCCC4)O[C@@H]3CC[C@@]2(C)[C@@H]1CCN1CCC(C(=O)O)CC1. The van der Waals surface area contributed by atoms with E-state index in [4.69, 9.17) is 9.47 Å². The van der Waals surface area contributed by atoms with E-state index >= 15 is 0 Å². The van der Waals surface area contributed by atoms with Crippen molar-refractivity contribution in [3.63, 3.8) is 0 Å². The van der Waals surface area contributed by atoms with Crippen molar-refractivity contribution in [3.05, 3.63) is 0 Å². The minimum Gasteiger partial charge on any atom is -0.481 e. The number of aliphatic carboxylic acids is 1. The maximum atomic E-state index is 11.4. The van der Waals surface area contributed by atoms with Crippen LogP contribution in [0.4, 0.5) is 0 Å². The third-order valence-corrected chi connectivity index (χ3v) is 11.4. The van der Waals surface area contributed by atoms with E-state index in [1.165, 1.54) is 57.8 Å². The van der Waals surface area contributed by atoms with Gasteiger partial charge in [-0.25, -0.2) is 0 Å². The molecule has 3 aliphatic carbocycles. The van der Waals surface area contributed by atoms with Gasteiger partial charge in [0.05, 0.1) is 18.6 Å². The summed E-state index contributed by atoms with van der Waals surface area (Å²) in [6, 6.07) is 0. The lowest BCUT2D eigenvalue weighted by atomic mass is 9.42. The summed E-state index contributed by atoms with van der Waals surface area (Å²) in [5, 5.41) is 9.35. The number of hydrogen-bond donors (Lipinski definition) is 1. The average molecular weight is 476 g/mol. The zero-order valence-electron chi connectivity index (χ0n) is 22.2. The number of hydrogen-bond acceptors (Lipinski definition) is 4. The molecule has 0 spiro atoms. The van der Waals surface area contributed by atoms with E-state index < -0.39 is 5.97 Å². The largest absolute Gasteiger partial charge is 0.481 e. The number of nitrogens with zero attached hydrogens (tertiary/aromatic N) is 1. The zero-order valence-corrected chi connectivity index (χ0v) is 22.2. The second-order valence-electron chi connectivity index (χ2n) is 13.8. The molecule has 5 nitrogen and oxygen atoms in total. The van der Waals surface area contributed by atoms with Gasteiger partial charge < -0.3 is 19.5 Å². The summed E-state index contributed by atoms with van der Waals surface area (Å²) in [4.78, 5) is 13.9. The van der Waals surface area contributed by atoms with E-state index in [1.54, 1.807) is 0 Å². The average Bonchev–Trinajstić information content (AvgIpc) is 3.33. The smallest absolute Gasteiger partial charge is 0.306 e. The fraction of sp³-hybridized carbons (Fsp3) is 0.966. The molecule has 2 heterocycles. The van der Waals surface area contributed by atoms with E-state index in [9.17, 15) is 9.90 Å². The van der Waals surface area contributed by atoms with Crippen LogP contribution in [0.25, 0.3) is 0 Å². The Morgan fingerprint density at radius 3 is 2.32 bits per heavy atom. The Kier molecular flexibility index (Phi) is 6.87. The third kappa shape index (κ3) is 4.36. The molecule has 3 saturated carbocycles. The van der Waals surface area contributed by atoms with E-state index in [-0.39, 0.29) is 17.6 Å². The lowest BCUT2D eigenvalue weighted by Crippen LogP contribution is -2.63. The van der Waals surface area contributed by atoms with Crippen LogP contribution < -0.4 is 0 Å². The summed E-state index contributed by atoms with van der Waals surface area (Å²) < 4.78 is 13.3. The van der Waals surface area contributed by atoms with E-state index in [0.29, 0.717) is 34.7 Å². The van der Waals surface area contributed by atoms with E-state index in [0.717, 1.165) is 39.1 Å². The Bertz CT molecular complexity index is 740. The van der Waals surface area contributed by atoms with Crippen LogP contribution in [0.1, 0.15) is 98.3 Å². The Labute approximate surface area is 207 Å². The highest BCUT2D eigenvalue weighted by Crippen LogP contribution is 2.66. The minimum atomic E-state index is -0.611. The first-order valence-electron chi connectivity index (χ1n) is 14.4. The standard InChI is InChI=1S/C29H49NO4/c1-27(2)14-9-23-28(3,22(27)13-18-30-16-11-20(12-17-30)25(31)32)15-10-24-29(23,4)19-33-26(34-24)21-7-5-6-8-21/h20-24,26H,5-19H2,1-4H3,(H,31,32)/t22-,23?,24-,26-,28+,29+/m1/s1. The first-order chi connectivity index (χ1) is 16.1. The topological polar surface area (TPSA) is 59.0 Å². The molecule has 1 N–H and O–H groups in total. The second kappa shape index (κ2) is 9.34. The molecule has 1 unspecified atom stereocenters. The number of carboxylic acid groups (broad SMARTS) is 1. The summed E-state index contributed by atoms with van der Waals surface area (Å²) in [5.74, 6) is 1.20. The number of rotatable bonds is 5. The van der Waals surface area contributed by atoms with Gasteiger partial charge in [-0.1, -0.05) is 40.5 Å². The molecule has 34 heavy (non-hydrogen) atoms. The Morgan fingerprint density at radius 2 is 1.65 bits per heavy atom. The predicted octanol–water partition coefficient (Wildman–Crippen LogP) is 5.96. The van der Waals surface area contributed by atoms with Crippen molar-refractivity contribution in [3.8, 4) is 0 Å². The van der Waals surface area contributed by atoms with Crippen molar-refractivity contribution in [2.45, 2.75) is 111 Å². The molecule has 0 amide bonds. The third-order valence-electron chi connectivity index (χ3n) is 11.4. The van der Waals surface area contributed by atoms with Gasteiger partial charge in [0.2, 0.25) is 0 Å². The number of ether oxygens (including phenoxy) is 2. The molecule has 5 fully saturated rings. The van der Waals surface area contributed by atoms with Crippen LogP contribution in [0, 0.1) is 39.9 Å². The van der Waals surface area contributed by atoms with Gasteiger partial charge in [0.1, 0.15) is 0 Å². The molecule has 0 bridgehead atoms. The van der Waals surface area contributed by atoms with Gasteiger partial charge in [0.15, 0.2) is 6.29 Å². The van der Waals surface area contributed by atoms with Crippen LogP contribution in [0.5, 0.6) is 0 Å². The first-order valence-corrected chi connectivity index (χ1v) is 14.4. The fourth-order valence-corrected chi connectivity index (χ4v) is 9.38. The highest BCUT2D eigenvalue weighted by molar-refractivity contribution is 5.70. The molecule has 0 aromatic rings. The van der Waals surface area contributed by atoms with E-state index in [1.807, 2.05) is 0 Å². The normalized spacial score (nSPS) is 43.9. The summed E-state index contributed by atoms with van der Waals surface area (Å²) in [7, 11) is 0. The van der Waals surface area contributed by atoms with Crippen LogP contribution in [0.15, 0.2) is 0 Å². The number of carbonyl (C=O) groups is 1. The maximum absolute atomic E-state index is 11.4. The molecular formula is C29H49NO4. The molecule has 2 aliphatic heterocycles. The molecule has 0 radical (unpaired) electrons. The summed E-state index contributed by atoms with van der Waals surface area (Å²) in [5.41, 5.74) is 0.784. The first kappa shape index (κ1) is 25.0. The summed E-state index contributed by atoms with van der Waals surface area (Å²) in [6.07, 6.45) is 13.5. The van der Waals surface area contributed by atoms with Gasteiger partial charge in [-0.2, -0.15) is 0 Å². The van der Waals surface area contributed by atoms with Crippen molar-refractivity contribution in [1.82, 2.24) is 4.90 Å². The van der Waals surface area contributed by atoms with E-state index in [2.05, 4.69) is 32.6 Å². The van der Waals surface area contributed by atoms with Crippen LogP contribution >= 0.6 is 0 Å². The molecule has 2 saturated heterocycles. The van der Waals surface area contributed by atoms with Crippen molar-refractivity contribution >= 4 is 5.97 Å². The molecule has 0 aromatic heterocycles. The minimum absolute atomic E-state index is 0.0366. The number of carboxylic acids is 1. The fourth-order valence-electron chi connectivity index (χ4n) is 9.38. The number of piperidine rings is 1. The van der Waals surface area contributed by atoms with Gasteiger partial charge in [-0.05, 0) is 100 Å². The lowest BCUT2D eigenvalue weighted by molar-refractivity contribution is -0.322. The molecule has 5 aliphatic rings. The van der Waals surface area contributed by atoms with Crippen molar-refractivity contribution in [2.24, 2.45) is 39.9 Å². The Balaban J connectivity index is 1.27. The van der Waals surface area contributed by atoms with Crippen LogP contribution in [0.2, 0.25) is 0 Å². The maximum Gasteiger partial charge on any atom is 0.306 e. The van der Waals surface area contributed by atoms with Gasteiger partial charge in [-0.3, -0.25) is 4.79 Å². The molecule has 5 heteroatoms. The molecule has 0 aromatic carbocycles. The highest BCUT2D eigenvalue weighted by Gasteiger charge is 2.62. The molecule has 6 atom stereocenters. The number of likely N-dealkylation sites (tertiary alicyclic amines) is 1. The van der Waals surface area contributed by atoms with Crippen molar-refractivity contribution < 1.29 is 19.4 Å². The van der Waals surface area contributed by atoms with Gasteiger partial charge in [0.25, 0.3) is 0 Å². The predicted molar refractivity (Wildman–Crippen MR) is 133 cm³/mol. The Hall–Kier alpha value is -0.650. The van der Waals surface area contributed by atoms with Crippen LogP contribution in [0.3, 0.4) is 0 Å². The summed E-state index contributed by atoms with van der Waals surface area (Å²) >= 11 is 0. The quantitative estimate of drug-likeness (QED) is 0.531. The highest BCUT2D eigenvalue weighted by atomic mass is 16.7. The zero-order chi connectivity index (χ0) is 24.1. The van der Waals surface area contributed by atoms with Crippen LogP contribution in [-0.4, -0.2) is 54.6 Å². The van der Waals surface area contributed by atoms with Gasteiger partial charge in [0, 0.05) is 11.3 Å². The summed E-state index contributed by atoms with van der Waals surface area (Å²) in [6.45, 7) is 14.0. The van der Waals surface area contributed by atoms with Crippen molar-refractivity contribution in [2.75, 3.05) is 26.2 Å². The Morgan fingerprint density at radius 1 is 0.941 bits per heavy atom. The van der Waals surface area contributed by atoms with Crippen molar-refractivity contribution in [1.29, 1.82) is 0 Å². The van der Waals surface area contributed by atoms with Gasteiger partial charge in [-0.15, -0.1) is 0 Å². The lowest BCUT2D eigenvalue weighted by Gasteiger charge is -2.65. The van der Waals surface area contributed by atoms with Crippen LogP contribution in [-0.2, 0) is 14.3 Å². The van der Waals surface area contributed by atoms with Gasteiger partial charge >= 0.3 is 5.97 Å². The molecular weight excluding hydrogens is 426 g/mol. The number of fused-ring (bicyclic) bond motifs is 3.